The molecule has 4 nitrogen and oxygen atoms in total. The highest BCUT2D eigenvalue weighted by Crippen LogP contribution is 2.20. The van der Waals surface area contributed by atoms with E-state index in [9.17, 15) is 13.2 Å². The van der Waals surface area contributed by atoms with Crippen LogP contribution in [-0.2, 0) is 10.1 Å². The van der Waals surface area contributed by atoms with E-state index in [2.05, 4.69) is 18.4 Å². The van der Waals surface area contributed by atoms with E-state index >= 15 is 0 Å². The van der Waals surface area contributed by atoms with Gasteiger partial charge in [-0.1, -0.05) is 11.8 Å². The maximum atomic E-state index is 10.7. The van der Waals surface area contributed by atoms with Gasteiger partial charge in [0.15, 0.2) is 16.7 Å². The summed E-state index contributed by atoms with van der Waals surface area (Å²) >= 11 is 1.97. The lowest BCUT2D eigenvalue weighted by Gasteiger charge is -2.08. The van der Waals surface area contributed by atoms with Crippen molar-refractivity contribution in [2.75, 3.05) is 18.8 Å². The molecule has 0 N–H and O–H groups in total. The first kappa shape index (κ1) is 15.7. The van der Waals surface area contributed by atoms with E-state index in [-0.39, 0.29) is 0 Å². The van der Waals surface area contributed by atoms with Crippen molar-refractivity contribution in [3.63, 3.8) is 0 Å². The van der Waals surface area contributed by atoms with Gasteiger partial charge in [-0.15, -0.1) is 0 Å². The van der Waals surface area contributed by atoms with Gasteiger partial charge in [0.25, 0.3) is 0 Å². The molecule has 1 aliphatic heterocycles. The number of hydrogen-bond acceptors (Lipinski definition) is 4. The SMILES string of the molecule is CC[N+]1=C(C)SCC1.O=S(=O)([O-])C(F)(F)F. The van der Waals surface area contributed by atoms with Crippen LogP contribution in [0.2, 0.25) is 0 Å². The molecule has 1 rings (SSSR count). The molecule has 0 fully saturated rings. The van der Waals surface area contributed by atoms with Crippen LogP contribution in [0.15, 0.2) is 0 Å². The standard InChI is InChI=1S/C6H12NS.CHF3O3S/c1-3-7-4-5-8-6(7)2;2-1(3,4)8(5,6)7/h3-5H2,1-2H3;(H,5,6,7)/q+1;/p-1. The summed E-state index contributed by atoms with van der Waals surface area (Å²) in [5.41, 5.74) is -5.65. The molecule has 0 aromatic carbocycles. The monoisotopic (exact) mass is 279 g/mol. The van der Waals surface area contributed by atoms with E-state index < -0.39 is 15.6 Å². The Balaban J connectivity index is 0.000000281. The molecule has 0 aromatic heterocycles. The lowest BCUT2D eigenvalue weighted by Crippen LogP contribution is -2.21. The summed E-state index contributed by atoms with van der Waals surface area (Å²) in [5, 5.41) is 1.49. The molecular formula is C7H12F3NO3S2. The van der Waals surface area contributed by atoms with Crippen molar-refractivity contribution in [3.8, 4) is 0 Å². The molecular weight excluding hydrogens is 267 g/mol. The largest absolute Gasteiger partial charge is 0.741 e. The van der Waals surface area contributed by atoms with Gasteiger partial charge in [0, 0.05) is 6.92 Å². The van der Waals surface area contributed by atoms with Crippen molar-refractivity contribution in [1.82, 2.24) is 0 Å². The number of hydrogen-bond donors (Lipinski definition) is 0. The highest BCUT2D eigenvalue weighted by atomic mass is 32.2. The highest BCUT2D eigenvalue weighted by molar-refractivity contribution is 8.13. The number of nitrogens with zero attached hydrogens (tertiary/aromatic N) is 1. The van der Waals surface area contributed by atoms with Gasteiger partial charge < -0.3 is 4.55 Å². The molecule has 9 heteroatoms. The van der Waals surface area contributed by atoms with Gasteiger partial charge in [0.2, 0.25) is 5.04 Å². The first-order valence-electron chi connectivity index (χ1n) is 4.33. The van der Waals surface area contributed by atoms with E-state index in [0.29, 0.717) is 0 Å². The van der Waals surface area contributed by atoms with Crippen LogP contribution in [0.1, 0.15) is 13.8 Å². The van der Waals surface area contributed by atoms with Crippen molar-refractivity contribution in [2.45, 2.75) is 19.4 Å². The first-order valence-corrected chi connectivity index (χ1v) is 6.72. The van der Waals surface area contributed by atoms with Gasteiger partial charge in [-0.3, -0.25) is 0 Å². The Morgan fingerprint density at radius 1 is 1.50 bits per heavy atom. The zero-order valence-corrected chi connectivity index (χ0v) is 10.4. The molecule has 1 aliphatic rings. The van der Waals surface area contributed by atoms with Crippen LogP contribution < -0.4 is 0 Å². The van der Waals surface area contributed by atoms with Gasteiger partial charge >= 0.3 is 5.51 Å². The zero-order valence-electron chi connectivity index (χ0n) is 8.74. The van der Waals surface area contributed by atoms with Crippen LogP contribution in [0, 0.1) is 0 Å². The lowest BCUT2D eigenvalue weighted by molar-refractivity contribution is -0.514. The van der Waals surface area contributed by atoms with Crippen LogP contribution in [0.4, 0.5) is 13.2 Å². The molecule has 96 valence electrons. The summed E-state index contributed by atoms with van der Waals surface area (Å²) in [4.78, 5) is 0. The molecule has 0 spiro atoms. The molecule has 1 heterocycles. The third kappa shape index (κ3) is 5.17. The molecule has 0 aromatic rings. The molecule has 0 atom stereocenters. The summed E-state index contributed by atoms with van der Waals surface area (Å²) in [6.45, 7) is 6.84. The van der Waals surface area contributed by atoms with Gasteiger partial charge in [0.1, 0.15) is 6.54 Å². The number of thioether (sulfide) groups is 1. The highest BCUT2D eigenvalue weighted by Gasteiger charge is 2.36. The Morgan fingerprint density at radius 2 is 1.94 bits per heavy atom. The molecule has 0 amide bonds. The zero-order chi connectivity index (χ0) is 13.0. The fourth-order valence-corrected chi connectivity index (χ4v) is 1.94. The summed E-state index contributed by atoms with van der Waals surface area (Å²) in [7, 11) is -6.09. The van der Waals surface area contributed by atoms with E-state index in [1.54, 1.807) is 0 Å². The minimum Gasteiger partial charge on any atom is -0.741 e. The normalized spacial score (nSPS) is 17.1. The second-order valence-corrected chi connectivity index (χ2v) is 5.51. The maximum Gasteiger partial charge on any atom is 0.485 e. The number of rotatable bonds is 1. The lowest BCUT2D eigenvalue weighted by atomic mass is 10.6. The van der Waals surface area contributed by atoms with Gasteiger partial charge in [0.05, 0.1) is 5.75 Å². The number of alkyl halides is 3. The fourth-order valence-electron chi connectivity index (χ4n) is 0.933. The Kier molecular flexibility index (Phi) is 5.77. The van der Waals surface area contributed by atoms with Gasteiger partial charge in [-0.2, -0.15) is 13.2 Å². The Bertz CT molecular complexity index is 362. The van der Waals surface area contributed by atoms with E-state index in [4.69, 9.17) is 13.0 Å². The quantitative estimate of drug-likeness (QED) is 0.411. The smallest absolute Gasteiger partial charge is 0.485 e. The Morgan fingerprint density at radius 3 is 2.06 bits per heavy atom. The molecule has 0 bridgehead atoms. The summed E-state index contributed by atoms with van der Waals surface area (Å²) in [6.07, 6.45) is 0. The van der Waals surface area contributed by atoms with Crippen molar-refractivity contribution in [3.05, 3.63) is 0 Å². The summed E-state index contributed by atoms with van der Waals surface area (Å²) < 4.78 is 61.3. The fraction of sp³-hybridized carbons (Fsp3) is 0.857. The minimum absolute atomic E-state index is 1.18. The van der Waals surface area contributed by atoms with Crippen molar-refractivity contribution < 1.29 is 30.7 Å². The van der Waals surface area contributed by atoms with E-state index in [1.165, 1.54) is 23.9 Å². The van der Waals surface area contributed by atoms with E-state index in [0.717, 1.165) is 0 Å². The molecule has 16 heavy (non-hydrogen) atoms. The third-order valence-electron chi connectivity index (χ3n) is 1.78. The third-order valence-corrected chi connectivity index (χ3v) is 3.41. The van der Waals surface area contributed by atoms with Gasteiger partial charge in [-0.25, -0.2) is 13.0 Å². The van der Waals surface area contributed by atoms with Crippen LogP contribution >= 0.6 is 11.8 Å². The topological polar surface area (TPSA) is 60.2 Å². The van der Waals surface area contributed by atoms with Crippen LogP contribution in [0.3, 0.4) is 0 Å². The van der Waals surface area contributed by atoms with Crippen LogP contribution in [-0.4, -0.2) is 46.9 Å². The molecule has 0 saturated heterocycles. The second-order valence-electron chi connectivity index (χ2n) is 2.85. The van der Waals surface area contributed by atoms with Crippen molar-refractivity contribution in [2.24, 2.45) is 0 Å². The maximum absolute atomic E-state index is 10.7. The second kappa shape index (κ2) is 5.87. The van der Waals surface area contributed by atoms with Crippen molar-refractivity contribution in [1.29, 1.82) is 0 Å². The summed E-state index contributed by atoms with van der Waals surface area (Å²) in [5.74, 6) is 1.29. The first-order chi connectivity index (χ1) is 7.09. The minimum atomic E-state index is -6.09. The molecule has 0 saturated carbocycles. The average molecular weight is 279 g/mol. The Hall–Kier alpha value is -0.280. The molecule has 0 aliphatic carbocycles. The number of halogens is 3. The predicted octanol–water partition coefficient (Wildman–Crippen LogP) is 1.24. The van der Waals surface area contributed by atoms with Crippen LogP contribution in [0.5, 0.6) is 0 Å². The van der Waals surface area contributed by atoms with Gasteiger partial charge in [-0.05, 0) is 6.92 Å². The Labute approximate surface area is 96.3 Å². The molecule has 0 unspecified atom stereocenters. The average Bonchev–Trinajstić information content (AvgIpc) is 2.48. The van der Waals surface area contributed by atoms with E-state index in [1.807, 2.05) is 11.8 Å². The predicted molar refractivity (Wildman–Crippen MR) is 54.6 cm³/mol. The van der Waals surface area contributed by atoms with Crippen LogP contribution in [0.25, 0.3) is 0 Å². The molecule has 0 radical (unpaired) electrons. The summed E-state index contributed by atoms with van der Waals surface area (Å²) in [6, 6.07) is 0. The van der Waals surface area contributed by atoms with Crippen molar-refractivity contribution >= 4 is 26.9 Å².